The van der Waals surface area contributed by atoms with Gasteiger partial charge in [0, 0.05) is 6.42 Å². The zero-order valence-electron chi connectivity index (χ0n) is 12.2. The van der Waals surface area contributed by atoms with Crippen LogP contribution < -0.4 is 11.1 Å². The average molecular weight is 278 g/mol. The van der Waals surface area contributed by atoms with Gasteiger partial charge in [-0.2, -0.15) is 0 Å². The highest BCUT2D eigenvalue weighted by atomic mass is 16.3. The lowest BCUT2D eigenvalue weighted by Crippen LogP contribution is -2.39. The number of aliphatic hydroxyl groups excluding tert-OH is 1. The molecule has 1 amide bonds. The van der Waals surface area contributed by atoms with Crippen molar-refractivity contribution in [2.45, 2.75) is 38.6 Å². The molecule has 1 aromatic carbocycles. The number of benzene rings is 1. The second-order valence-electron chi connectivity index (χ2n) is 5.36. The molecule has 0 radical (unpaired) electrons. The highest BCUT2D eigenvalue weighted by Crippen LogP contribution is 2.09. The Kier molecular flexibility index (Phi) is 7.92. The highest BCUT2D eigenvalue weighted by Gasteiger charge is 2.13. The van der Waals surface area contributed by atoms with Crippen molar-refractivity contribution in [3.05, 3.63) is 35.9 Å². The number of rotatable bonds is 9. The van der Waals surface area contributed by atoms with Gasteiger partial charge in [0.1, 0.15) is 0 Å². The zero-order chi connectivity index (χ0) is 14.8. The van der Waals surface area contributed by atoms with Gasteiger partial charge in [0.2, 0.25) is 5.91 Å². The summed E-state index contributed by atoms with van der Waals surface area (Å²) in [5, 5.41) is 12.3. The van der Waals surface area contributed by atoms with Crippen molar-refractivity contribution in [2.75, 3.05) is 13.2 Å². The number of amides is 1. The first kappa shape index (κ1) is 16.7. The Morgan fingerprint density at radius 3 is 2.60 bits per heavy atom. The standard InChI is InChI=1S/C16H26N2O2/c1-13(9-10-17)7-8-16(20)18-15(12-19)11-14-5-3-2-4-6-14/h2-6,13,15,19H,7-12,17H2,1H3,(H,18,20)/t13?,15-/m1/s1. The average Bonchev–Trinajstić information content (AvgIpc) is 2.46. The van der Waals surface area contributed by atoms with E-state index in [4.69, 9.17) is 5.73 Å². The summed E-state index contributed by atoms with van der Waals surface area (Å²) in [5.74, 6) is 0.469. The van der Waals surface area contributed by atoms with E-state index >= 15 is 0 Å². The van der Waals surface area contributed by atoms with Gasteiger partial charge >= 0.3 is 0 Å². The van der Waals surface area contributed by atoms with Crippen LogP contribution in [0.2, 0.25) is 0 Å². The van der Waals surface area contributed by atoms with Crippen LogP contribution in [0.15, 0.2) is 30.3 Å². The molecule has 0 saturated heterocycles. The van der Waals surface area contributed by atoms with E-state index in [-0.39, 0.29) is 18.6 Å². The number of carbonyl (C=O) groups is 1. The normalized spacial score (nSPS) is 13.8. The maximum Gasteiger partial charge on any atom is 0.220 e. The Labute approximate surface area is 121 Å². The van der Waals surface area contributed by atoms with Crippen LogP contribution in [-0.2, 0) is 11.2 Å². The van der Waals surface area contributed by atoms with Gasteiger partial charge in [0.15, 0.2) is 0 Å². The van der Waals surface area contributed by atoms with Gasteiger partial charge in [0.25, 0.3) is 0 Å². The summed E-state index contributed by atoms with van der Waals surface area (Å²) in [6.45, 7) is 2.72. The Bertz CT molecular complexity index is 381. The molecule has 0 saturated carbocycles. The molecule has 0 bridgehead atoms. The molecule has 4 nitrogen and oxygen atoms in total. The van der Waals surface area contributed by atoms with Gasteiger partial charge in [-0.05, 0) is 37.3 Å². The van der Waals surface area contributed by atoms with Crippen molar-refractivity contribution < 1.29 is 9.90 Å². The number of nitrogens with one attached hydrogen (secondary N) is 1. The van der Waals surface area contributed by atoms with E-state index in [1.165, 1.54) is 0 Å². The predicted molar refractivity (Wildman–Crippen MR) is 81.2 cm³/mol. The van der Waals surface area contributed by atoms with Crippen LogP contribution in [0.1, 0.15) is 31.7 Å². The van der Waals surface area contributed by atoms with Crippen molar-refractivity contribution in [2.24, 2.45) is 11.7 Å². The lowest BCUT2D eigenvalue weighted by molar-refractivity contribution is -0.122. The lowest BCUT2D eigenvalue weighted by Gasteiger charge is -2.17. The number of aliphatic hydroxyl groups is 1. The van der Waals surface area contributed by atoms with Crippen molar-refractivity contribution in [1.29, 1.82) is 0 Å². The van der Waals surface area contributed by atoms with Crippen LogP contribution in [0.3, 0.4) is 0 Å². The molecule has 0 spiro atoms. The minimum atomic E-state index is -0.213. The van der Waals surface area contributed by atoms with Crippen molar-refractivity contribution in [1.82, 2.24) is 5.32 Å². The molecule has 0 aliphatic heterocycles. The molecular weight excluding hydrogens is 252 g/mol. The van der Waals surface area contributed by atoms with Crippen molar-refractivity contribution >= 4 is 5.91 Å². The summed E-state index contributed by atoms with van der Waals surface area (Å²) in [7, 11) is 0. The largest absolute Gasteiger partial charge is 0.394 e. The van der Waals surface area contributed by atoms with Crippen LogP contribution in [0, 0.1) is 5.92 Å². The van der Waals surface area contributed by atoms with E-state index in [0.29, 0.717) is 25.3 Å². The fourth-order valence-corrected chi connectivity index (χ4v) is 2.17. The number of carbonyl (C=O) groups excluding carboxylic acids is 1. The van der Waals surface area contributed by atoms with Crippen LogP contribution in [0.4, 0.5) is 0 Å². The molecule has 1 aromatic rings. The number of nitrogens with two attached hydrogens (primary N) is 1. The first-order valence-electron chi connectivity index (χ1n) is 7.30. The van der Waals surface area contributed by atoms with Crippen LogP contribution in [0.5, 0.6) is 0 Å². The Hall–Kier alpha value is -1.39. The fraction of sp³-hybridized carbons (Fsp3) is 0.562. The predicted octanol–water partition coefficient (Wildman–Crippen LogP) is 1.47. The minimum Gasteiger partial charge on any atom is -0.394 e. The third kappa shape index (κ3) is 6.68. The quantitative estimate of drug-likeness (QED) is 0.640. The van der Waals surface area contributed by atoms with E-state index < -0.39 is 0 Å². The summed E-state index contributed by atoms with van der Waals surface area (Å²) >= 11 is 0. The first-order chi connectivity index (χ1) is 9.65. The second kappa shape index (κ2) is 9.50. The van der Waals surface area contributed by atoms with Crippen molar-refractivity contribution in [3.8, 4) is 0 Å². The molecule has 4 N–H and O–H groups in total. The minimum absolute atomic E-state index is 0.00357. The van der Waals surface area contributed by atoms with E-state index in [0.717, 1.165) is 18.4 Å². The van der Waals surface area contributed by atoms with Gasteiger partial charge in [-0.1, -0.05) is 37.3 Å². The van der Waals surface area contributed by atoms with E-state index in [1.54, 1.807) is 0 Å². The third-order valence-corrected chi connectivity index (χ3v) is 3.43. The molecule has 2 atom stereocenters. The Morgan fingerprint density at radius 2 is 2.00 bits per heavy atom. The molecule has 0 fully saturated rings. The van der Waals surface area contributed by atoms with E-state index in [2.05, 4.69) is 12.2 Å². The summed E-state index contributed by atoms with van der Waals surface area (Å²) in [4.78, 5) is 11.9. The maximum absolute atomic E-state index is 11.9. The van der Waals surface area contributed by atoms with Crippen LogP contribution in [0.25, 0.3) is 0 Å². The molecule has 20 heavy (non-hydrogen) atoms. The zero-order valence-corrected chi connectivity index (χ0v) is 12.2. The smallest absolute Gasteiger partial charge is 0.220 e. The lowest BCUT2D eigenvalue weighted by atomic mass is 10.0. The van der Waals surface area contributed by atoms with Gasteiger partial charge in [0.05, 0.1) is 12.6 Å². The summed E-state index contributed by atoms with van der Waals surface area (Å²) in [6, 6.07) is 9.65. The number of hydrogen-bond acceptors (Lipinski definition) is 3. The van der Waals surface area contributed by atoms with Crippen molar-refractivity contribution in [3.63, 3.8) is 0 Å². The number of hydrogen-bond donors (Lipinski definition) is 3. The van der Waals surface area contributed by atoms with Gasteiger partial charge in [-0.15, -0.1) is 0 Å². The topological polar surface area (TPSA) is 75.4 Å². The van der Waals surface area contributed by atoms with E-state index in [9.17, 15) is 9.90 Å². The summed E-state index contributed by atoms with van der Waals surface area (Å²) < 4.78 is 0. The Balaban J connectivity index is 2.34. The third-order valence-electron chi connectivity index (χ3n) is 3.43. The molecule has 112 valence electrons. The van der Waals surface area contributed by atoms with E-state index in [1.807, 2.05) is 30.3 Å². The highest BCUT2D eigenvalue weighted by molar-refractivity contribution is 5.76. The molecule has 0 heterocycles. The molecular formula is C16H26N2O2. The first-order valence-corrected chi connectivity index (χ1v) is 7.30. The molecule has 0 aliphatic rings. The fourth-order valence-electron chi connectivity index (χ4n) is 2.17. The summed E-state index contributed by atoms with van der Waals surface area (Å²) in [5.41, 5.74) is 6.60. The molecule has 1 rings (SSSR count). The second-order valence-corrected chi connectivity index (χ2v) is 5.36. The van der Waals surface area contributed by atoms with Gasteiger partial charge in [-0.3, -0.25) is 4.79 Å². The maximum atomic E-state index is 11.9. The molecule has 1 unspecified atom stereocenters. The van der Waals surface area contributed by atoms with Gasteiger partial charge in [-0.25, -0.2) is 0 Å². The monoisotopic (exact) mass is 278 g/mol. The SMILES string of the molecule is CC(CCN)CCC(=O)N[C@@H](CO)Cc1ccccc1. The van der Waals surface area contributed by atoms with Crippen LogP contribution >= 0.6 is 0 Å². The van der Waals surface area contributed by atoms with Crippen LogP contribution in [-0.4, -0.2) is 30.2 Å². The van der Waals surface area contributed by atoms with Gasteiger partial charge < -0.3 is 16.2 Å². The molecule has 0 aromatic heterocycles. The summed E-state index contributed by atoms with van der Waals surface area (Å²) in [6.07, 6.45) is 2.93. The Morgan fingerprint density at radius 1 is 1.30 bits per heavy atom. The molecule has 4 heteroatoms. The molecule has 0 aliphatic carbocycles.